The van der Waals surface area contributed by atoms with Crippen LogP contribution in [0.4, 0.5) is 5.69 Å². The molecule has 106 valence electrons. The molecule has 0 fully saturated rings. The van der Waals surface area contributed by atoms with Gasteiger partial charge in [-0.2, -0.15) is 5.10 Å². The summed E-state index contributed by atoms with van der Waals surface area (Å²) in [4.78, 5) is 1.91. The second-order valence-electron chi connectivity index (χ2n) is 4.36. The van der Waals surface area contributed by atoms with Crippen molar-refractivity contribution >= 4 is 46.2 Å². The van der Waals surface area contributed by atoms with Crippen LogP contribution < -0.4 is 5.32 Å². The number of nitrogens with zero attached hydrogens (tertiary/aromatic N) is 3. The van der Waals surface area contributed by atoms with Gasteiger partial charge in [0, 0.05) is 25.3 Å². The quantitative estimate of drug-likeness (QED) is 0.873. The summed E-state index contributed by atoms with van der Waals surface area (Å²) in [6.45, 7) is 0.660. The molecule has 4 nitrogen and oxygen atoms in total. The SMILES string of the molecule is CN(Cc1ccnn1C)C(=S)Nc1ccc(Cl)cc1Cl. The van der Waals surface area contributed by atoms with Crippen LogP contribution >= 0.6 is 35.4 Å². The second kappa shape index (κ2) is 6.43. The number of hydrogen-bond donors (Lipinski definition) is 1. The van der Waals surface area contributed by atoms with Gasteiger partial charge >= 0.3 is 0 Å². The number of hydrogen-bond acceptors (Lipinski definition) is 2. The maximum atomic E-state index is 6.11. The molecular formula is C13H14Cl2N4S. The molecule has 1 N–H and O–H groups in total. The summed E-state index contributed by atoms with van der Waals surface area (Å²) in [5.41, 5.74) is 1.80. The van der Waals surface area contributed by atoms with Crippen molar-refractivity contribution in [3.05, 3.63) is 46.2 Å². The highest BCUT2D eigenvalue weighted by atomic mass is 35.5. The van der Waals surface area contributed by atoms with E-state index in [1.54, 1.807) is 24.4 Å². The molecule has 0 atom stereocenters. The minimum atomic E-state index is 0.536. The van der Waals surface area contributed by atoms with Crippen molar-refractivity contribution in [3.8, 4) is 0 Å². The standard InChI is InChI=1S/C13H14Cl2N4S/c1-18(8-10-5-6-16-19(10)2)13(20)17-12-4-3-9(14)7-11(12)15/h3-7H,8H2,1-2H3,(H,17,20). The van der Waals surface area contributed by atoms with Crippen LogP contribution in [-0.2, 0) is 13.6 Å². The van der Waals surface area contributed by atoms with E-state index in [2.05, 4.69) is 10.4 Å². The molecule has 2 rings (SSSR count). The topological polar surface area (TPSA) is 33.1 Å². The van der Waals surface area contributed by atoms with Crippen molar-refractivity contribution in [2.45, 2.75) is 6.54 Å². The molecule has 1 aromatic carbocycles. The molecule has 0 saturated carbocycles. The van der Waals surface area contributed by atoms with Gasteiger partial charge in [0.1, 0.15) is 0 Å². The van der Waals surface area contributed by atoms with E-state index in [4.69, 9.17) is 35.4 Å². The van der Waals surface area contributed by atoms with Crippen molar-refractivity contribution in [1.82, 2.24) is 14.7 Å². The van der Waals surface area contributed by atoms with E-state index in [9.17, 15) is 0 Å². The van der Waals surface area contributed by atoms with Crippen LogP contribution in [-0.4, -0.2) is 26.8 Å². The molecule has 20 heavy (non-hydrogen) atoms. The summed E-state index contributed by atoms with van der Waals surface area (Å²) >= 11 is 17.3. The summed E-state index contributed by atoms with van der Waals surface area (Å²) in [7, 11) is 3.81. The van der Waals surface area contributed by atoms with Gasteiger partial charge in [0.15, 0.2) is 5.11 Å². The Bertz CT molecular complexity index is 627. The Hall–Kier alpha value is -1.30. The first-order valence-electron chi connectivity index (χ1n) is 5.91. The molecular weight excluding hydrogens is 315 g/mol. The molecule has 0 bridgehead atoms. The molecule has 2 aromatic rings. The van der Waals surface area contributed by atoms with Crippen molar-refractivity contribution in [1.29, 1.82) is 0 Å². The number of rotatable bonds is 3. The summed E-state index contributed by atoms with van der Waals surface area (Å²) in [5.74, 6) is 0. The average molecular weight is 329 g/mol. The van der Waals surface area contributed by atoms with Gasteiger partial charge in [-0.15, -0.1) is 0 Å². The number of nitrogens with one attached hydrogen (secondary N) is 1. The zero-order valence-corrected chi connectivity index (χ0v) is 13.4. The van der Waals surface area contributed by atoms with Crippen molar-refractivity contribution in [3.63, 3.8) is 0 Å². The minimum absolute atomic E-state index is 0.536. The van der Waals surface area contributed by atoms with Crippen LogP contribution in [0.15, 0.2) is 30.5 Å². The molecule has 0 saturated heterocycles. The lowest BCUT2D eigenvalue weighted by Gasteiger charge is -2.21. The van der Waals surface area contributed by atoms with Gasteiger partial charge in [0.05, 0.1) is 22.9 Å². The fraction of sp³-hybridized carbons (Fsp3) is 0.231. The molecule has 1 heterocycles. The first-order valence-corrected chi connectivity index (χ1v) is 7.08. The monoisotopic (exact) mass is 328 g/mol. The van der Waals surface area contributed by atoms with Crippen LogP contribution in [0.3, 0.4) is 0 Å². The maximum absolute atomic E-state index is 6.11. The van der Waals surface area contributed by atoms with Gasteiger partial charge in [-0.05, 0) is 36.5 Å². The van der Waals surface area contributed by atoms with Crippen LogP contribution in [0.2, 0.25) is 10.0 Å². The van der Waals surface area contributed by atoms with Gasteiger partial charge in [-0.25, -0.2) is 0 Å². The number of benzene rings is 1. The third kappa shape index (κ3) is 3.62. The zero-order chi connectivity index (χ0) is 14.7. The first kappa shape index (κ1) is 15.1. The molecule has 0 aliphatic rings. The van der Waals surface area contributed by atoms with Crippen LogP contribution in [0.5, 0.6) is 0 Å². The molecule has 7 heteroatoms. The summed E-state index contributed by atoms with van der Waals surface area (Å²) in [6, 6.07) is 7.19. The lowest BCUT2D eigenvalue weighted by atomic mass is 10.3. The Kier molecular flexibility index (Phi) is 4.86. The highest BCUT2D eigenvalue weighted by Crippen LogP contribution is 2.25. The molecule has 0 spiro atoms. The van der Waals surface area contributed by atoms with Crippen LogP contribution in [0, 0.1) is 0 Å². The van der Waals surface area contributed by atoms with Crippen LogP contribution in [0.25, 0.3) is 0 Å². The van der Waals surface area contributed by atoms with Gasteiger partial charge in [-0.1, -0.05) is 23.2 Å². The normalized spacial score (nSPS) is 10.4. The van der Waals surface area contributed by atoms with E-state index in [-0.39, 0.29) is 0 Å². The second-order valence-corrected chi connectivity index (χ2v) is 5.59. The van der Waals surface area contributed by atoms with E-state index in [1.807, 2.05) is 29.7 Å². The smallest absolute Gasteiger partial charge is 0.173 e. The van der Waals surface area contributed by atoms with Crippen molar-refractivity contribution < 1.29 is 0 Å². The Morgan fingerprint density at radius 3 is 2.75 bits per heavy atom. The van der Waals surface area contributed by atoms with E-state index >= 15 is 0 Å². The third-order valence-corrected chi connectivity index (χ3v) is 3.80. The first-order chi connectivity index (χ1) is 9.47. The van der Waals surface area contributed by atoms with Gasteiger partial charge in [0.25, 0.3) is 0 Å². The van der Waals surface area contributed by atoms with E-state index in [1.165, 1.54) is 0 Å². The zero-order valence-electron chi connectivity index (χ0n) is 11.1. The molecule has 0 aliphatic carbocycles. The average Bonchev–Trinajstić information content (AvgIpc) is 2.78. The summed E-state index contributed by atoms with van der Waals surface area (Å²) < 4.78 is 1.81. The van der Waals surface area contributed by atoms with Crippen molar-refractivity contribution in [2.75, 3.05) is 12.4 Å². The molecule has 0 aliphatic heterocycles. The molecule has 0 amide bonds. The predicted octanol–water partition coefficient (Wildman–Crippen LogP) is 3.56. The maximum Gasteiger partial charge on any atom is 0.173 e. The molecule has 1 aromatic heterocycles. The van der Waals surface area contributed by atoms with E-state index in [0.717, 1.165) is 11.4 Å². The van der Waals surface area contributed by atoms with Crippen LogP contribution in [0.1, 0.15) is 5.69 Å². The Morgan fingerprint density at radius 2 is 2.15 bits per heavy atom. The summed E-state index contributed by atoms with van der Waals surface area (Å²) in [5, 5.41) is 8.94. The fourth-order valence-corrected chi connectivity index (χ4v) is 2.30. The minimum Gasteiger partial charge on any atom is -0.346 e. The largest absolute Gasteiger partial charge is 0.346 e. The Labute approximate surface area is 133 Å². The van der Waals surface area contributed by atoms with E-state index < -0.39 is 0 Å². The third-order valence-electron chi connectivity index (χ3n) is 2.84. The van der Waals surface area contributed by atoms with Gasteiger partial charge < -0.3 is 10.2 Å². The fourth-order valence-electron chi connectivity index (χ4n) is 1.67. The predicted molar refractivity (Wildman–Crippen MR) is 87.4 cm³/mol. The van der Waals surface area contributed by atoms with Gasteiger partial charge in [-0.3, -0.25) is 4.68 Å². The number of aryl methyl sites for hydroxylation is 1. The number of thiocarbonyl (C=S) groups is 1. The van der Waals surface area contributed by atoms with E-state index in [0.29, 0.717) is 21.7 Å². The summed E-state index contributed by atoms with van der Waals surface area (Å²) in [6.07, 6.45) is 1.76. The lowest BCUT2D eigenvalue weighted by Crippen LogP contribution is -2.31. The van der Waals surface area contributed by atoms with Crippen molar-refractivity contribution in [2.24, 2.45) is 7.05 Å². The van der Waals surface area contributed by atoms with Gasteiger partial charge in [0.2, 0.25) is 0 Å². The highest BCUT2D eigenvalue weighted by Gasteiger charge is 2.09. The molecule has 0 radical (unpaired) electrons. The number of anilines is 1. The Morgan fingerprint density at radius 1 is 1.40 bits per heavy atom. The lowest BCUT2D eigenvalue weighted by molar-refractivity contribution is 0.482. The number of halogens is 2. The Balaban J connectivity index is 2.02. The molecule has 0 unspecified atom stereocenters. The number of aromatic nitrogens is 2. The highest BCUT2D eigenvalue weighted by molar-refractivity contribution is 7.80.